The normalized spacial score (nSPS) is 11.1. The van der Waals surface area contributed by atoms with E-state index in [0.29, 0.717) is 22.9 Å². The number of carbonyl (C=O) groups is 1. The number of anilines is 2. The molecule has 10 nitrogen and oxygen atoms in total. The lowest BCUT2D eigenvalue weighted by Crippen LogP contribution is -2.16. The molecule has 0 radical (unpaired) electrons. The summed E-state index contributed by atoms with van der Waals surface area (Å²) in [5, 5.41) is 13.6. The third kappa shape index (κ3) is 4.86. The molecule has 4 aromatic rings. The number of tetrazole rings is 1. The minimum Gasteiger partial charge on any atom is -0.497 e. The van der Waals surface area contributed by atoms with Crippen molar-refractivity contribution in [1.29, 1.82) is 0 Å². The average molecular weight is 482 g/mol. The van der Waals surface area contributed by atoms with Crippen molar-refractivity contribution in [2.45, 2.75) is 11.8 Å². The van der Waals surface area contributed by atoms with Crippen LogP contribution in [0.5, 0.6) is 5.75 Å². The van der Waals surface area contributed by atoms with E-state index in [-0.39, 0.29) is 16.1 Å². The Kier molecular flexibility index (Phi) is 6.23. The molecule has 34 heavy (non-hydrogen) atoms. The first-order valence-corrected chi connectivity index (χ1v) is 11.4. The van der Waals surface area contributed by atoms with E-state index in [4.69, 9.17) is 4.74 Å². The van der Waals surface area contributed by atoms with Crippen molar-refractivity contribution in [3.8, 4) is 11.4 Å². The molecule has 0 fully saturated rings. The average Bonchev–Trinajstić information content (AvgIpc) is 3.26. The third-order valence-electron chi connectivity index (χ3n) is 4.82. The number of aromatic nitrogens is 4. The number of methoxy groups -OCH3 is 1. The number of rotatable bonds is 7. The van der Waals surface area contributed by atoms with Gasteiger partial charge in [-0.2, -0.15) is 4.68 Å². The Bertz CT molecular complexity index is 1450. The second kappa shape index (κ2) is 9.27. The maximum absolute atomic E-state index is 14.4. The Balaban J connectivity index is 1.55. The van der Waals surface area contributed by atoms with Gasteiger partial charge in [0.05, 0.1) is 23.4 Å². The molecular weight excluding hydrogens is 463 g/mol. The Morgan fingerprint density at radius 3 is 2.50 bits per heavy atom. The lowest BCUT2D eigenvalue weighted by Gasteiger charge is -2.11. The maximum Gasteiger partial charge on any atom is 0.261 e. The van der Waals surface area contributed by atoms with Gasteiger partial charge in [-0.1, -0.05) is 6.07 Å². The number of amides is 1. The van der Waals surface area contributed by atoms with Gasteiger partial charge < -0.3 is 10.1 Å². The van der Waals surface area contributed by atoms with Crippen LogP contribution in [0, 0.1) is 12.7 Å². The van der Waals surface area contributed by atoms with E-state index in [0.717, 1.165) is 0 Å². The molecule has 0 atom stereocenters. The number of hydrogen-bond acceptors (Lipinski definition) is 7. The van der Waals surface area contributed by atoms with Crippen LogP contribution in [0.15, 0.2) is 71.6 Å². The molecule has 1 amide bonds. The number of aryl methyl sites for hydroxylation is 1. The van der Waals surface area contributed by atoms with Crippen LogP contribution in [0.25, 0.3) is 5.69 Å². The van der Waals surface area contributed by atoms with Gasteiger partial charge in [0, 0.05) is 11.3 Å². The van der Waals surface area contributed by atoms with Crippen LogP contribution >= 0.6 is 0 Å². The summed E-state index contributed by atoms with van der Waals surface area (Å²) in [5.41, 5.74) is 0.690. The molecule has 0 aliphatic carbocycles. The highest BCUT2D eigenvalue weighted by molar-refractivity contribution is 7.92. The molecule has 174 valence electrons. The zero-order chi connectivity index (χ0) is 24.3. The molecule has 1 heterocycles. The molecular formula is C22H19FN6O4S. The summed E-state index contributed by atoms with van der Waals surface area (Å²) in [6, 6.07) is 15.7. The monoisotopic (exact) mass is 482 g/mol. The van der Waals surface area contributed by atoms with Gasteiger partial charge in [0.25, 0.3) is 15.9 Å². The van der Waals surface area contributed by atoms with E-state index in [2.05, 4.69) is 25.6 Å². The van der Waals surface area contributed by atoms with Gasteiger partial charge in [-0.05, 0) is 78.0 Å². The number of sulfonamides is 1. The van der Waals surface area contributed by atoms with Crippen molar-refractivity contribution in [1.82, 2.24) is 20.2 Å². The van der Waals surface area contributed by atoms with Crippen molar-refractivity contribution in [2.75, 3.05) is 17.1 Å². The zero-order valence-corrected chi connectivity index (χ0v) is 18.9. The van der Waals surface area contributed by atoms with Crippen LogP contribution in [-0.2, 0) is 10.0 Å². The Labute approximate surface area is 194 Å². The topological polar surface area (TPSA) is 128 Å². The van der Waals surface area contributed by atoms with Crippen LogP contribution in [0.3, 0.4) is 0 Å². The van der Waals surface area contributed by atoms with Crippen LogP contribution in [0.1, 0.15) is 16.2 Å². The predicted molar refractivity (Wildman–Crippen MR) is 122 cm³/mol. The fourth-order valence-electron chi connectivity index (χ4n) is 3.08. The summed E-state index contributed by atoms with van der Waals surface area (Å²) >= 11 is 0. The molecule has 0 aliphatic rings. The largest absolute Gasteiger partial charge is 0.497 e. The summed E-state index contributed by atoms with van der Waals surface area (Å²) in [4.78, 5) is 12.7. The van der Waals surface area contributed by atoms with Crippen molar-refractivity contribution in [2.24, 2.45) is 0 Å². The van der Waals surface area contributed by atoms with Crippen molar-refractivity contribution >= 4 is 27.3 Å². The first kappa shape index (κ1) is 22.9. The Hall–Kier alpha value is -4.32. The lowest BCUT2D eigenvalue weighted by molar-refractivity contribution is 0.102. The molecule has 12 heteroatoms. The summed E-state index contributed by atoms with van der Waals surface area (Å²) in [6.07, 6.45) is 0. The van der Waals surface area contributed by atoms with E-state index in [1.807, 2.05) is 0 Å². The molecule has 0 saturated carbocycles. The molecule has 0 aliphatic heterocycles. The van der Waals surface area contributed by atoms with Gasteiger partial charge in [0.15, 0.2) is 5.82 Å². The van der Waals surface area contributed by atoms with Gasteiger partial charge in [0.1, 0.15) is 11.6 Å². The van der Waals surface area contributed by atoms with E-state index < -0.39 is 21.7 Å². The molecule has 2 N–H and O–H groups in total. The number of nitrogens with zero attached hydrogens (tertiary/aromatic N) is 4. The highest BCUT2D eigenvalue weighted by Gasteiger charge is 2.18. The SMILES string of the molecule is COc1ccc(NS(=O)(=O)c2cccc(C(=O)Nc3cc(-n4nnnc4C)ccc3F)c2)cc1. The van der Waals surface area contributed by atoms with Gasteiger partial charge in [-0.15, -0.1) is 5.10 Å². The van der Waals surface area contributed by atoms with Crippen LogP contribution < -0.4 is 14.8 Å². The highest BCUT2D eigenvalue weighted by Crippen LogP contribution is 2.22. The molecule has 0 spiro atoms. The van der Waals surface area contributed by atoms with E-state index in [9.17, 15) is 17.6 Å². The first-order chi connectivity index (χ1) is 16.3. The van der Waals surface area contributed by atoms with E-state index in [1.165, 1.54) is 54.3 Å². The highest BCUT2D eigenvalue weighted by atomic mass is 32.2. The first-order valence-electron chi connectivity index (χ1n) is 9.90. The number of ether oxygens (including phenoxy) is 1. The standard InChI is InChI=1S/C22H19FN6O4S/c1-14-25-27-28-29(14)17-8-11-20(23)21(13-17)24-22(30)15-4-3-5-19(12-15)34(31,32)26-16-6-9-18(33-2)10-7-16/h3-13,26H,1-2H3,(H,24,30). The molecule has 0 unspecified atom stereocenters. The summed E-state index contributed by atoms with van der Waals surface area (Å²) in [5.74, 6) is -0.307. The Morgan fingerprint density at radius 1 is 1.06 bits per heavy atom. The number of nitrogens with one attached hydrogen (secondary N) is 2. The Morgan fingerprint density at radius 2 is 1.82 bits per heavy atom. The van der Waals surface area contributed by atoms with E-state index >= 15 is 0 Å². The number of hydrogen-bond donors (Lipinski definition) is 2. The molecule has 0 bridgehead atoms. The van der Waals surface area contributed by atoms with Crippen molar-refractivity contribution in [3.05, 3.63) is 83.9 Å². The summed E-state index contributed by atoms with van der Waals surface area (Å²) in [6.45, 7) is 1.67. The molecule has 1 aromatic heterocycles. The molecule has 0 saturated heterocycles. The second-order valence-corrected chi connectivity index (χ2v) is 8.80. The van der Waals surface area contributed by atoms with Crippen LogP contribution in [0.4, 0.5) is 15.8 Å². The third-order valence-corrected chi connectivity index (χ3v) is 6.20. The van der Waals surface area contributed by atoms with Gasteiger partial charge in [0.2, 0.25) is 0 Å². The number of carbonyl (C=O) groups excluding carboxylic acids is 1. The van der Waals surface area contributed by atoms with Crippen molar-refractivity contribution < 1.29 is 22.3 Å². The van der Waals surface area contributed by atoms with Gasteiger partial charge in [-0.25, -0.2) is 12.8 Å². The number of benzene rings is 3. The minimum atomic E-state index is -3.98. The van der Waals surface area contributed by atoms with Gasteiger partial charge >= 0.3 is 0 Å². The molecule has 4 rings (SSSR count). The molecule has 3 aromatic carbocycles. The smallest absolute Gasteiger partial charge is 0.261 e. The quantitative estimate of drug-likeness (QED) is 0.414. The van der Waals surface area contributed by atoms with Crippen molar-refractivity contribution in [3.63, 3.8) is 0 Å². The second-order valence-electron chi connectivity index (χ2n) is 7.12. The zero-order valence-electron chi connectivity index (χ0n) is 18.1. The summed E-state index contributed by atoms with van der Waals surface area (Å²) < 4.78 is 48.8. The van der Waals surface area contributed by atoms with Gasteiger partial charge in [-0.3, -0.25) is 9.52 Å². The fourth-order valence-corrected chi connectivity index (χ4v) is 4.19. The summed E-state index contributed by atoms with van der Waals surface area (Å²) in [7, 11) is -2.48. The van der Waals surface area contributed by atoms with Crippen LogP contribution in [-0.4, -0.2) is 41.6 Å². The van der Waals surface area contributed by atoms with E-state index in [1.54, 1.807) is 31.2 Å². The number of halogens is 1. The predicted octanol–water partition coefficient (Wildman–Crippen LogP) is 3.17. The minimum absolute atomic E-state index is 0.0287. The fraction of sp³-hybridized carbons (Fsp3) is 0.0909. The van der Waals surface area contributed by atoms with Crippen LogP contribution in [0.2, 0.25) is 0 Å². The maximum atomic E-state index is 14.4. The lowest BCUT2D eigenvalue weighted by atomic mass is 10.2.